The summed E-state index contributed by atoms with van der Waals surface area (Å²) in [5, 5.41) is 12.7. The topological polar surface area (TPSA) is 55.7 Å². The Hall–Kier alpha value is -3.08. The van der Waals surface area contributed by atoms with E-state index in [4.69, 9.17) is 4.74 Å². The van der Waals surface area contributed by atoms with E-state index in [9.17, 15) is 0 Å². The number of benzene rings is 2. The van der Waals surface area contributed by atoms with Crippen molar-refractivity contribution in [3.63, 3.8) is 0 Å². The highest BCUT2D eigenvalue weighted by Gasteiger charge is 2.14. The fourth-order valence-corrected chi connectivity index (χ4v) is 3.13. The van der Waals surface area contributed by atoms with Crippen molar-refractivity contribution in [2.45, 2.75) is 19.9 Å². The molecule has 0 fully saturated rings. The van der Waals surface area contributed by atoms with E-state index in [2.05, 4.69) is 64.3 Å². The maximum absolute atomic E-state index is 5.23. The minimum Gasteiger partial charge on any atom is -0.497 e. The van der Waals surface area contributed by atoms with Crippen molar-refractivity contribution in [3.8, 4) is 28.3 Å². The number of ether oxygens (including phenoxy) is 1. The maximum atomic E-state index is 5.23. The van der Waals surface area contributed by atoms with Crippen LogP contribution in [0.3, 0.4) is 0 Å². The number of aromatic amines is 1. The van der Waals surface area contributed by atoms with Gasteiger partial charge in [-0.25, -0.2) is 0 Å². The molecule has 2 aromatic carbocycles. The highest BCUT2D eigenvalue weighted by molar-refractivity contribution is 5.87. The second kappa shape index (κ2) is 6.09. The third-order valence-electron chi connectivity index (χ3n) is 4.46. The molecule has 1 N–H and O–H groups in total. The Balaban J connectivity index is 1.81. The van der Waals surface area contributed by atoms with Crippen molar-refractivity contribution in [1.82, 2.24) is 20.0 Å². The number of H-pyrrole nitrogens is 1. The number of nitrogens with zero attached hydrogens (tertiary/aromatic N) is 3. The summed E-state index contributed by atoms with van der Waals surface area (Å²) in [5.74, 6) is 0.824. The molecule has 126 valence electrons. The molecule has 0 bridgehead atoms. The largest absolute Gasteiger partial charge is 0.497 e. The molecule has 0 aliphatic carbocycles. The number of aromatic nitrogens is 4. The molecule has 0 spiro atoms. The lowest BCUT2D eigenvalue weighted by Crippen LogP contribution is -1.98. The minimum atomic E-state index is 0.408. The molecule has 0 atom stereocenters. The van der Waals surface area contributed by atoms with Gasteiger partial charge in [-0.05, 0) is 55.6 Å². The number of hydrogen-bond acceptors (Lipinski definition) is 3. The lowest BCUT2D eigenvalue weighted by atomic mass is 10.0. The van der Waals surface area contributed by atoms with Crippen LogP contribution in [0.2, 0.25) is 0 Å². The summed E-state index contributed by atoms with van der Waals surface area (Å²) in [6.45, 7) is 4.37. The van der Waals surface area contributed by atoms with E-state index < -0.39 is 0 Å². The van der Waals surface area contributed by atoms with Crippen LogP contribution in [0.25, 0.3) is 33.4 Å². The third kappa shape index (κ3) is 2.67. The number of nitrogens with one attached hydrogen (secondary N) is 1. The van der Waals surface area contributed by atoms with E-state index in [-0.39, 0.29) is 0 Å². The monoisotopic (exact) mass is 332 g/mol. The first-order chi connectivity index (χ1) is 12.2. The summed E-state index contributed by atoms with van der Waals surface area (Å²) in [5.41, 5.74) is 4.95. The van der Waals surface area contributed by atoms with Gasteiger partial charge in [-0.3, -0.25) is 0 Å². The standard InChI is InChI=1S/C20H20N4O/c1-13(2)24-11-10-14-4-5-16(12-18(14)24)20-19(21-23-22-20)15-6-8-17(25-3)9-7-15/h4-13H,1-3H3,(H,21,22,23). The van der Waals surface area contributed by atoms with Gasteiger partial charge in [-0.2, -0.15) is 15.4 Å². The molecule has 0 unspecified atom stereocenters. The summed E-state index contributed by atoms with van der Waals surface area (Å²) in [6, 6.07) is 16.8. The van der Waals surface area contributed by atoms with E-state index >= 15 is 0 Å². The molecule has 0 saturated carbocycles. The number of rotatable bonds is 4. The highest BCUT2D eigenvalue weighted by Crippen LogP contribution is 2.32. The SMILES string of the molecule is COc1ccc(-c2n[nH]nc2-c2ccc3ccn(C(C)C)c3c2)cc1. The number of methoxy groups -OCH3 is 1. The van der Waals surface area contributed by atoms with Crippen LogP contribution in [-0.2, 0) is 0 Å². The van der Waals surface area contributed by atoms with Gasteiger partial charge in [0.05, 0.1) is 7.11 Å². The van der Waals surface area contributed by atoms with Gasteiger partial charge in [0, 0.05) is 28.9 Å². The molecule has 0 aliphatic rings. The zero-order chi connectivity index (χ0) is 17.4. The molecular weight excluding hydrogens is 312 g/mol. The van der Waals surface area contributed by atoms with Gasteiger partial charge < -0.3 is 9.30 Å². The summed E-state index contributed by atoms with van der Waals surface area (Å²) in [6.07, 6.45) is 2.13. The Morgan fingerprint density at radius 1 is 0.920 bits per heavy atom. The van der Waals surface area contributed by atoms with Gasteiger partial charge in [0.2, 0.25) is 0 Å². The first kappa shape index (κ1) is 15.4. The van der Waals surface area contributed by atoms with Crippen LogP contribution in [0.1, 0.15) is 19.9 Å². The molecule has 5 nitrogen and oxygen atoms in total. The maximum Gasteiger partial charge on any atom is 0.120 e. The smallest absolute Gasteiger partial charge is 0.120 e. The van der Waals surface area contributed by atoms with E-state index in [0.717, 1.165) is 28.3 Å². The lowest BCUT2D eigenvalue weighted by molar-refractivity contribution is 0.415. The molecule has 4 rings (SSSR count). The van der Waals surface area contributed by atoms with Gasteiger partial charge in [0.15, 0.2) is 0 Å². The summed E-state index contributed by atoms with van der Waals surface area (Å²) in [4.78, 5) is 0. The van der Waals surface area contributed by atoms with Crippen LogP contribution in [0.5, 0.6) is 5.75 Å². The van der Waals surface area contributed by atoms with Crippen LogP contribution in [0.15, 0.2) is 54.7 Å². The molecule has 2 heterocycles. The van der Waals surface area contributed by atoms with Crippen LogP contribution >= 0.6 is 0 Å². The van der Waals surface area contributed by atoms with Crippen molar-refractivity contribution in [1.29, 1.82) is 0 Å². The Morgan fingerprint density at radius 3 is 2.28 bits per heavy atom. The number of hydrogen-bond donors (Lipinski definition) is 1. The zero-order valence-corrected chi connectivity index (χ0v) is 14.5. The van der Waals surface area contributed by atoms with E-state index in [1.165, 1.54) is 10.9 Å². The van der Waals surface area contributed by atoms with Crippen LogP contribution in [0.4, 0.5) is 0 Å². The predicted molar refractivity (Wildman–Crippen MR) is 99.7 cm³/mol. The lowest BCUT2D eigenvalue weighted by Gasteiger charge is -2.10. The minimum absolute atomic E-state index is 0.408. The van der Waals surface area contributed by atoms with Crippen molar-refractivity contribution >= 4 is 10.9 Å². The molecule has 0 saturated heterocycles. The quantitative estimate of drug-likeness (QED) is 0.590. The Bertz CT molecular complexity index is 1010. The van der Waals surface area contributed by atoms with Gasteiger partial charge in [0.25, 0.3) is 0 Å². The normalized spacial score (nSPS) is 11.4. The summed E-state index contributed by atoms with van der Waals surface area (Å²) < 4.78 is 7.50. The Kier molecular flexibility index (Phi) is 3.76. The van der Waals surface area contributed by atoms with E-state index in [1.54, 1.807) is 7.11 Å². The van der Waals surface area contributed by atoms with E-state index in [0.29, 0.717) is 6.04 Å². The summed E-state index contributed by atoms with van der Waals surface area (Å²) >= 11 is 0. The molecule has 4 aromatic rings. The van der Waals surface area contributed by atoms with Gasteiger partial charge in [-0.15, -0.1) is 0 Å². The first-order valence-corrected chi connectivity index (χ1v) is 8.33. The molecule has 5 heteroatoms. The molecular formula is C20H20N4O. The van der Waals surface area contributed by atoms with Gasteiger partial charge in [-0.1, -0.05) is 12.1 Å². The second-order valence-corrected chi connectivity index (χ2v) is 6.34. The van der Waals surface area contributed by atoms with Crippen molar-refractivity contribution in [2.24, 2.45) is 0 Å². The van der Waals surface area contributed by atoms with Crippen molar-refractivity contribution < 1.29 is 4.74 Å². The average Bonchev–Trinajstić information content (AvgIpc) is 3.28. The molecule has 2 aromatic heterocycles. The van der Waals surface area contributed by atoms with Crippen LogP contribution in [-0.4, -0.2) is 27.1 Å². The fourth-order valence-electron chi connectivity index (χ4n) is 3.13. The highest BCUT2D eigenvalue weighted by atomic mass is 16.5. The number of fused-ring (bicyclic) bond motifs is 1. The van der Waals surface area contributed by atoms with E-state index in [1.807, 2.05) is 24.3 Å². The fraction of sp³-hybridized carbons (Fsp3) is 0.200. The molecule has 25 heavy (non-hydrogen) atoms. The third-order valence-corrected chi connectivity index (χ3v) is 4.46. The van der Waals surface area contributed by atoms with Gasteiger partial charge >= 0.3 is 0 Å². The average molecular weight is 332 g/mol. The Morgan fingerprint density at radius 2 is 1.60 bits per heavy atom. The van der Waals surface area contributed by atoms with Crippen molar-refractivity contribution in [2.75, 3.05) is 7.11 Å². The van der Waals surface area contributed by atoms with Crippen LogP contribution in [0, 0.1) is 0 Å². The Labute approximate surface area is 146 Å². The van der Waals surface area contributed by atoms with Crippen LogP contribution < -0.4 is 4.74 Å². The first-order valence-electron chi connectivity index (χ1n) is 8.33. The summed E-state index contributed by atoms with van der Waals surface area (Å²) in [7, 11) is 1.66. The molecule has 0 radical (unpaired) electrons. The van der Waals surface area contributed by atoms with Crippen molar-refractivity contribution in [3.05, 3.63) is 54.7 Å². The zero-order valence-electron chi connectivity index (χ0n) is 14.5. The predicted octanol–water partition coefficient (Wildman–Crippen LogP) is 4.68. The van der Waals surface area contributed by atoms with Gasteiger partial charge in [0.1, 0.15) is 17.1 Å². The second-order valence-electron chi connectivity index (χ2n) is 6.34. The molecule has 0 amide bonds. The molecule has 0 aliphatic heterocycles.